The van der Waals surface area contributed by atoms with E-state index in [9.17, 15) is 4.79 Å². The van der Waals surface area contributed by atoms with Crippen LogP contribution < -0.4 is 11.1 Å². The first-order valence-electron chi connectivity index (χ1n) is 7.01. The lowest BCUT2D eigenvalue weighted by molar-refractivity contribution is 0.0945. The van der Waals surface area contributed by atoms with E-state index in [0.29, 0.717) is 23.7 Å². The maximum absolute atomic E-state index is 12.0. The minimum absolute atomic E-state index is 0. The molecule has 1 saturated heterocycles. The number of nitrogens with one attached hydrogen (secondary N) is 1. The van der Waals surface area contributed by atoms with Crippen LogP contribution in [-0.2, 0) is 0 Å². The van der Waals surface area contributed by atoms with Crippen molar-refractivity contribution in [3.63, 3.8) is 0 Å². The number of carbonyl (C=O) groups is 1. The Morgan fingerprint density at radius 1 is 1.33 bits per heavy atom. The van der Waals surface area contributed by atoms with E-state index in [4.69, 9.17) is 5.73 Å². The fourth-order valence-corrected chi connectivity index (χ4v) is 2.52. The molecule has 1 aliphatic heterocycles. The number of carbonyl (C=O) groups excluding carboxylic acids is 1. The topological polar surface area (TPSA) is 58.4 Å². The van der Waals surface area contributed by atoms with Crippen LogP contribution in [-0.4, -0.2) is 37.0 Å². The van der Waals surface area contributed by atoms with Crippen LogP contribution >= 0.6 is 24.8 Å². The molecule has 0 saturated carbocycles. The van der Waals surface area contributed by atoms with E-state index in [-0.39, 0.29) is 30.7 Å². The zero-order chi connectivity index (χ0) is 13.7. The number of hydrogen-bond donors (Lipinski definition) is 2. The van der Waals surface area contributed by atoms with Crippen LogP contribution in [0.1, 0.15) is 30.1 Å². The summed E-state index contributed by atoms with van der Waals surface area (Å²) < 4.78 is 0. The molecule has 1 unspecified atom stereocenters. The molecule has 0 aromatic heterocycles. The number of likely N-dealkylation sites (tertiary alicyclic amines) is 1. The first kappa shape index (κ1) is 20.0. The normalized spacial score (nSPS) is 15.7. The summed E-state index contributed by atoms with van der Waals surface area (Å²) in [6, 6.07) is 7.09. The van der Waals surface area contributed by atoms with Gasteiger partial charge in [0.2, 0.25) is 0 Å². The molecule has 120 valence electrons. The number of benzene rings is 1. The van der Waals surface area contributed by atoms with Crippen LogP contribution in [0.2, 0.25) is 0 Å². The molecule has 1 aromatic carbocycles. The summed E-state index contributed by atoms with van der Waals surface area (Å²) in [5.74, 6) is 0.434. The molecule has 1 fully saturated rings. The van der Waals surface area contributed by atoms with Crippen molar-refractivity contribution in [3.05, 3.63) is 29.8 Å². The Hall–Kier alpha value is -0.970. The molecule has 3 N–H and O–H groups in total. The molecule has 1 aliphatic rings. The first-order chi connectivity index (χ1) is 9.15. The van der Waals surface area contributed by atoms with Crippen LogP contribution in [0.15, 0.2) is 24.3 Å². The van der Waals surface area contributed by atoms with E-state index in [1.54, 1.807) is 24.3 Å². The molecule has 0 bridgehead atoms. The van der Waals surface area contributed by atoms with Crippen molar-refractivity contribution in [1.29, 1.82) is 0 Å². The highest BCUT2D eigenvalue weighted by molar-refractivity contribution is 5.94. The van der Waals surface area contributed by atoms with Crippen LogP contribution in [0, 0.1) is 5.92 Å². The minimum atomic E-state index is -0.0411. The van der Waals surface area contributed by atoms with Gasteiger partial charge in [0.25, 0.3) is 5.91 Å². The summed E-state index contributed by atoms with van der Waals surface area (Å²) in [6.07, 6.45) is 2.62. The number of nitrogen functional groups attached to an aromatic ring is 1. The minimum Gasteiger partial charge on any atom is -0.399 e. The quantitative estimate of drug-likeness (QED) is 0.814. The molecule has 0 spiro atoms. The lowest BCUT2D eigenvalue weighted by atomic mass is 10.1. The highest BCUT2D eigenvalue weighted by Crippen LogP contribution is 2.10. The third-order valence-electron chi connectivity index (χ3n) is 3.53. The van der Waals surface area contributed by atoms with Gasteiger partial charge in [-0.25, -0.2) is 0 Å². The highest BCUT2D eigenvalue weighted by Gasteiger charge is 2.15. The number of rotatable bonds is 5. The summed E-state index contributed by atoms with van der Waals surface area (Å²) in [4.78, 5) is 14.4. The number of nitrogens with two attached hydrogens (primary N) is 1. The second kappa shape index (κ2) is 9.87. The van der Waals surface area contributed by atoms with Gasteiger partial charge in [0.1, 0.15) is 0 Å². The van der Waals surface area contributed by atoms with E-state index >= 15 is 0 Å². The summed E-state index contributed by atoms with van der Waals surface area (Å²) in [5, 5.41) is 2.98. The zero-order valence-electron chi connectivity index (χ0n) is 12.4. The second-order valence-corrected chi connectivity index (χ2v) is 5.45. The SMILES string of the molecule is CC(CNC(=O)c1cccc(N)c1)CN1CCCC1.Cl.Cl. The van der Waals surface area contributed by atoms with Crippen LogP contribution in [0.25, 0.3) is 0 Å². The van der Waals surface area contributed by atoms with E-state index in [1.165, 1.54) is 25.9 Å². The predicted octanol–water partition coefficient (Wildman–Crippen LogP) is 2.57. The molecular formula is C15H25Cl2N3O. The van der Waals surface area contributed by atoms with Crippen LogP contribution in [0.4, 0.5) is 5.69 Å². The third-order valence-corrected chi connectivity index (χ3v) is 3.53. The lowest BCUT2D eigenvalue weighted by Gasteiger charge is -2.20. The van der Waals surface area contributed by atoms with Gasteiger partial charge in [-0.1, -0.05) is 13.0 Å². The van der Waals surface area contributed by atoms with Gasteiger partial charge in [-0.15, -0.1) is 24.8 Å². The molecule has 1 atom stereocenters. The average Bonchev–Trinajstić information content (AvgIpc) is 2.88. The standard InChI is InChI=1S/C15H23N3O.2ClH/c1-12(11-18-7-2-3-8-18)10-17-15(19)13-5-4-6-14(16)9-13;;/h4-6,9,12H,2-3,7-8,10-11,16H2,1H3,(H,17,19);2*1H. The van der Waals surface area contributed by atoms with Gasteiger partial charge in [-0.2, -0.15) is 0 Å². The number of halogens is 2. The van der Waals surface area contributed by atoms with Crippen molar-refractivity contribution in [1.82, 2.24) is 10.2 Å². The summed E-state index contributed by atoms with van der Waals surface area (Å²) in [6.45, 7) is 6.36. The average molecular weight is 334 g/mol. The summed E-state index contributed by atoms with van der Waals surface area (Å²) >= 11 is 0. The Morgan fingerprint density at radius 2 is 2.00 bits per heavy atom. The lowest BCUT2D eigenvalue weighted by Crippen LogP contribution is -2.34. The number of amides is 1. The van der Waals surface area contributed by atoms with Crippen molar-refractivity contribution in [2.75, 3.05) is 31.9 Å². The molecular weight excluding hydrogens is 309 g/mol. The van der Waals surface area contributed by atoms with Crippen LogP contribution in [0.5, 0.6) is 0 Å². The molecule has 6 heteroatoms. The van der Waals surface area contributed by atoms with Gasteiger partial charge in [0, 0.05) is 24.3 Å². The fourth-order valence-electron chi connectivity index (χ4n) is 2.52. The zero-order valence-corrected chi connectivity index (χ0v) is 14.0. The van der Waals surface area contributed by atoms with E-state index in [2.05, 4.69) is 17.1 Å². The van der Waals surface area contributed by atoms with E-state index in [0.717, 1.165) is 6.54 Å². The Bertz CT molecular complexity index is 437. The van der Waals surface area contributed by atoms with Gasteiger partial charge in [0.15, 0.2) is 0 Å². The van der Waals surface area contributed by atoms with Crippen LogP contribution in [0.3, 0.4) is 0 Å². The second-order valence-electron chi connectivity index (χ2n) is 5.45. The van der Waals surface area contributed by atoms with Crippen molar-refractivity contribution in [3.8, 4) is 0 Å². The molecule has 0 aliphatic carbocycles. The molecule has 1 amide bonds. The summed E-state index contributed by atoms with van der Waals surface area (Å²) in [5.41, 5.74) is 6.93. The maximum atomic E-state index is 12.0. The van der Waals surface area contributed by atoms with Crippen molar-refractivity contribution < 1.29 is 4.79 Å². The largest absolute Gasteiger partial charge is 0.399 e. The Morgan fingerprint density at radius 3 is 2.62 bits per heavy atom. The fraction of sp³-hybridized carbons (Fsp3) is 0.533. The maximum Gasteiger partial charge on any atom is 0.251 e. The van der Waals surface area contributed by atoms with Gasteiger partial charge in [-0.3, -0.25) is 4.79 Å². The Balaban J connectivity index is 0.00000200. The molecule has 2 rings (SSSR count). The molecule has 0 radical (unpaired) electrons. The summed E-state index contributed by atoms with van der Waals surface area (Å²) in [7, 11) is 0. The van der Waals surface area contributed by atoms with Crippen molar-refractivity contribution >= 4 is 36.4 Å². The number of nitrogens with zero attached hydrogens (tertiary/aromatic N) is 1. The van der Waals surface area contributed by atoms with Crippen molar-refractivity contribution in [2.24, 2.45) is 5.92 Å². The molecule has 4 nitrogen and oxygen atoms in total. The van der Waals surface area contributed by atoms with Crippen molar-refractivity contribution in [2.45, 2.75) is 19.8 Å². The van der Waals surface area contributed by atoms with E-state index < -0.39 is 0 Å². The number of anilines is 1. The van der Waals surface area contributed by atoms with E-state index in [1.807, 2.05) is 0 Å². The van der Waals surface area contributed by atoms with Gasteiger partial charge < -0.3 is 16.0 Å². The Labute approximate surface area is 139 Å². The van der Waals surface area contributed by atoms with Gasteiger partial charge in [-0.05, 0) is 50.0 Å². The monoisotopic (exact) mass is 333 g/mol. The smallest absolute Gasteiger partial charge is 0.251 e. The number of hydrogen-bond acceptors (Lipinski definition) is 3. The Kier molecular flexibility index (Phi) is 9.42. The molecule has 21 heavy (non-hydrogen) atoms. The first-order valence-corrected chi connectivity index (χ1v) is 7.01. The van der Waals surface area contributed by atoms with Gasteiger partial charge in [0.05, 0.1) is 0 Å². The molecule has 1 heterocycles. The third kappa shape index (κ3) is 6.55. The molecule has 1 aromatic rings. The highest BCUT2D eigenvalue weighted by atomic mass is 35.5. The van der Waals surface area contributed by atoms with Gasteiger partial charge >= 0.3 is 0 Å². The predicted molar refractivity (Wildman–Crippen MR) is 92.5 cm³/mol.